The summed E-state index contributed by atoms with van der Waals surface area (Å²) in [6.45, 7) is 0.539. The largest absolute Gasteiger partial charge is 0.351 e. The van der Waals surface area contributed by atoms with Crippen molar-refractivity contribution in [3.05, 3.63) is 21.9 Å². The number of rotatable bonds is 4. The van der Waals surface area contributed by atoms with Crippen LogP contribution in [0.5, 0.6) is 0 Å². The van der Waals surface area contributed by atoms with E-state index < -0.39 is 0 Å². The third-order valence-corrected chi connectivity index (χ3v) is 2.45. The number of aromatic amines is 1. The molecule has 15 heavy (non-hydrogen) atoms. The van der Waals surface area contributed by atoms with Crippen molar-refractivity contribution >= 4 is 29.1 Å². The fraction of sp³-hybridized carbons (Fsp3) is 0.300. The van der Waals surface area contributed by atoms with Crippen LogP contribution in [0.2, 0.25) is 10.2 Å². The minimum atomic E-state index is -0.235. The smallest absolute Gasteiger partial charge is 0.267 e. The van der Waals surface area contributed by atoms with E-state index in [2.05, 4.69) is 16.2 Å². The molecular formula is C10H10Cl2N2O. The number of hydrogen-bond donors (Lipinski definition) is 2. The van der Waals surface area contributed by atoms with Crippen LogP contribution in [-0.2, 0) is 0 Å². The third kappa shape index (κ3) is 3.50. The minimum absolute atomic E-state index is 0.235. The highest BCUT2D eigenvalue weighted by Crippen LogP contribution is 2.21. The van der Waals surface area contributed by atoms with E-state index in [0.29, 0.717) is 23.7 Å². The fourth-order valence-corrected chi connectivity index (χ4v) is 1.33. The summed E-state index contributed by atoms with van der Waals surface area (Å²) >= 11 is 11.4. The highest BCUT2D eigenvalue weighted by Gasteiger charge is 2.10. The maximum Gasteiger partial charge on any atom is 0.267 e. The summed E-state index contributed by atoms with van der Waals surface area (Å²) in [7, 11) is 0. The van der Waals surface area contributed by atoms with Crippen molar-refractivity contribution < 1.29 is 4.79 Å². The molecule has 0 saturated heterocycles. The zero-order chi connectivity index (χ0) is 11.3. The standard InChI is InChI=1S/C10H10Cl2N2O/c1-2-3-4-5-13-10(15)8-6-7(11)9(12)14-8/h1,6,14H,3-5H2,(H,13,15). The second kappa shape index (κ2) is 5.69. The Morgan fingerprint density at radius 2 is 2.33 bits per heavy atom. The molecule has 0 fully saturated rings. The molecule has 0 unspecified atom stereocenters. The van der Waals surface area contributed by atoms with E-state index in [0.717, 1.165) is 6.42 Å². The molecule has 2 N–H and O–H groups in total. The van der Waals surface area contributed by atoms with Gasteiger partial charge in [0, 0.05) is 13.0 Å². The second-order valence-electron chi connectivity index (χ2n) is 2.91. The van der Waals surface area contributed by atoms with Crippen molar-refractivity contribution in [3.63, 3.8) is 0 Å². The van der Waals surface area contributed by atoms with E-state index in [1.54, 1.807) is 0 Å². The van der Waals surface area contributed by atoms with E-state index >= 15 is 0 Å². The first-order valence-corrected chi connectivity index (χ1v) is 5.16. The summed E-state index contributed by atoms with van der Waals surface area (Å²) in [6.07, 6.45) is 6.48. The highest BCUT2D eigenvalue weighted by molar-refractivity contribution is 6.41. The first kappa shape index (κ1) is 12.0. The van der Waals surface area contributed by atoms with Crippen molar-refractivity contribution in [2.24, 2.45) is 0 Å². The highest BCUT2D eigenvalue weighted by atomic mass is 35.5. The van der Waals surface area contributed by atoms with Gasteiger partial charge < -0.3 is 10.3 Å². The first-order chi connectivity index (χ1) is 7.15. The van der Waals surface area contributed by atoms with Gasteiger partial charge in [0.1, 0.15) is 10.8 Å². The maximum absolute atomic E-state index is 11.5. The SMILES string of the molecule is C#CCCCNC(=O)c1cc(Cl)c(Cl)[nH]1. The molecule has 0 saturated carbocycles. The molecule has 0 spiro atoms. The van der Waals surface area contributed by atoms with Gasteiger partial charge in [-0.15, -0.1) is 12.3 Å². The summed E-state index contributed by atoms with van der Waals surface area (Å²) < 4.78 is 0. The zero-order valence-electron chi connectivity index (χ0n) is 7.94. The summed E-state index contributed by atoms with van der Waals surface area (Å²) in [4.78, 5) is 14.1. The van der Waals surface area contributed by atoms with Gasteiger partial charge in [-0.3, -0.25) is 4.79 Å². The second-order valence-corrected chi connectivity index (χ2v) is 3.69. The molecule has 0 aliphatic heterocycles. The molecule has 0 atom stereocenters. The molecule has 1 aromatic heterocycles. The molecule has 1 heterocycles. The molecule has 0 radical (unpaired) electrons. The number of aromatic nitrogens is 1. The Morgan fingerprint density at radius 3 is 2.87 bits per heavy atom. The van der Waals surface area contributed by atoms with Crippen LogP contribution in [0.25, 0.3) is 0 Å². The van der Waals surface area contributed by atoms with Crippen LogP contribution >= 0.6 is 23.2 Å². The van der Waals surface area contributed by atoms with Gasteiger partial charge in [0.05, 0.1) is 5.02 Å². The summed E-state index contributed by atoms with van der Waals surface area (Å²) in [5, 5.41) is 3.30. The van der Waals surface area contributed by atoms with Crippen LogP contribution in [0.15, 0.2) is 6.07 Å². The molecule has 0 aromatic carbocycles. The van der Waals surface area contributed by atoms with Crippen LogP contribution < -0.4 is 5.32 Å². The van der Waals surface area contributed by atoms with Crippen LogP contribution in [0.3, 0.4) is 0 Å². The van der Waals surface area contributed by atoms with Crippen molar-refractivity contribution in [2.45, 2.75) is 12.8 Å². The Labute approximate surface area is 98.1 Å². The van der Waals surface area contributed by atoms with E-state index in [-0.39, 0.29) is 11.1 Å². The van der Waals surface area contributed by atoms with E-state index in [9.17, 15) is 4.79 Å². The number of terminal acetylenes is 1. The van der Waals surface area contributed by atoms with E-state index in [1.165, 1.54) is 6.07 Å². The van der Waals surface area contributed by atoms with Gasteiger partial charge in [-0.05, 0) is 12.5 Å². The number of carbonyl (C=O) groups excluding carboxylic acids is 1. The molecule has 0 aliphatic rings. The Hall–Kier alpha value is -1.11. The van der Waals surface area contributed by atoms with Gasteiger partial charge in [0.2, 0.25) is 0 Å². The van der Waals surface area contributed by atoms with Crippen LogP contribution in [0, 0.1) is 12.3 Å². The molecule has 0 bridgehead atoms. The number of halogens is 2. The third-order valence-electron chi connectivity index (χ3n) is 1.75. The first-order valence-electron chi connectivity index (χ1n) is 4.41. The monoisotopic (exact) mass is 244 g/mol. The van der Waals surface area contributed by atoms with Gasteiger partial charge >= 0.3 is 0 Å². The van der Waals surface area contributed by atoms with E-state index in [4.69, 9.17) is 29.6 Å². The fourth-order valence-electron chi connectivity index (χ4n) is 1.01. The number of amides is 1. The molecule has 0 aliphatic carbocycles. The Morgan fingerprint density at radius 1 is 1.60 bits per heavy atom. The Balaban J connectivity index is 2.44. The van der Waals surface area contributed by atoms with Crippen molar-refractivity contribution in [1.82, 2.24) is 10.3 Å². The topological polar surface area (TPSA) is 44.9 Å². The van der Waals surface area contributed by atoms with Crippen LogP contribution in [0.1, 0.15) is 23.3 Å². The molecule has 1 amide bonds. The average molecular weight is 245 g/mol. The Bertz CT molecular complexity index is 373. The molecule has 3 nitrogen and oxygen atoms in total. The Kier molecular flexibility index (Phi) is 4.54. The zero-order valence-corrected chi connectivity index (χ0v) is 9.45. The normalized spacial score (nSPS) is 9.67. The van der Waals surface area contributed by atoms with E-state index in [1.807, 2.05) is 0 Å². The lowest BCUT2D eigenvalue weighted by Crippen LogP contribution is -2.24. The predicted octanol–water partition coefficient (Wildman–Crippen LogP) is 2.46. The van der Waals surface area contributed by atoms with Crippen molar-refractivity contribution in [1.29, 1.82) is 0 Å². The minimum Gasteiger partial charge on any atom is -0.351 e. The molecule has 5 heteroatoms. The predicted molar refractivity (Wildman–Crippen MR) is 61.2 cm³/mol. The van der Waals surface area contributed by atoms with Crippen LogP contribution in [-0.4, -0.2) is 17.4 Å². The van der Waals surface area contributed by atoms with Gasteiger partial charge in [-0.25, -0.2) is 0 Å². The van der Waals surface area contributed by atoms with Gasteiger partial charge in [-0.1, -0.05) is 23.2 Å². The average Bonchev–Trinajstić information content (AvgIpc) is 2.54. The number of hydrogen-bond acceptors (Lipinski definition) is 1. The number of H-pyrrole nitrogens is 1. The number of nitrogens with one attached hydrogen (secondary N) is 2. The number of carbonyl (C=O) groups is 1. The molecular weight excluding hydrogens is 235 g/mol. The van der Waals surface area contributed by atoms with Gasteiger partial charge in [0.15, 0.2) is 0 Å². The number of unbranched alkanes of at least 4 members (excludes halogenated alkanes) is 1. The van der Waals surface area contributed by atoms with Gasteiger partial charge in [0.25, 0.3) is 5.91 Å². The van der Waals surface area contributed by atoms with Gasteiger partial charge in [-0.2, -0.15) is 0 Å². The van der Waals surface area contributed by atoms with Crippen LogP contribution in [0.4, 0.5) is 0 Å². The summed E-state index contributed by atoms with van der Waals surface area (Å²) in [5.41, 5.74) is 0.353. The molecule has 1 aromatic rings. The van der Waals surface area contributed by atoms with Crippen molar-refractivity contribution in [2.75, 3.05) is 6.54 Å². The maximum atomic E-state index is 11.5. The summed E-state index contributed by atoms with van der Waals surface area (Å²) in [6, 6.07) is 1.49. The summed E-state index contributed by atoms with van der Waals surface area (Å²) in [5.74, 6) is 2.26. The van der Waals surface area contributed by atoms with Crippen molar-refractivity contribution in [3.8, 4) is 12.3 Å². The molecule has 80 valence electrons. The molecule has 1 rings (SSSR count). The lowest BCUT2D eigenvalue weighted by molar-refractivity contribution is 0.0949. The lowest BCUT2D eigenvalue weighted by atomic mass is 10.3. The lowest BCUT2D eigenvalue weighted by Gasteiger charge is -2.00. The quantitative estimate of drug-likeness (QED) is 0.621.